The number of benzene rings is 2. The molecule has 4 bridgehead atoms. The quantitative estimate of drug-likeness (QED) is 0.188. The second-order valence-electron chi connectivity index (χ2n) is 14.8. The van der Waals surface area contributed by atoms with Crippen LogP contribution in [0.1, 0.15) is 35.1 Å². The van der Waals surface area contributed by atoms with Gasteiger partial charge in [-0.2, -0.15) is 0 Å². The monoisotopic (exact) mass is 673 g/mol. The van der Waals surface area contributed by atoms with Crippen LogP contribution < -0.4 is 9.47 Å². The molecular weight excluding hydrogens is 634 g/mol. The second kappa shape index (κ2) is 10.6. The first-order chi connectivity index (χ1) is 23.5. The van der Waals surface area contributed by atoms with Crippen molar-refractivity contribution in [2.75, 3.05) is 33.8 Å². The predicted molar refractivity (Wildman–Crippen MR) is 172 cm³/mol. The summed E-state index contributed by atoms with van der Waals surface area (Å²) in [6, 6.07) is 8.13. The smallest absolute Gasteiger partial charge is 0.332 e. The third kappa shape index (κ3) is 4.06. The summed E-state index contributed by atoms with van der Waals surface area (Å²) >= 11 is 0. The first-order valence-electron chi connectivity index (χ1n) is 17.0. The number of aliphatic hydroxyl groups excluding tert-OH is 1. The lowest BCUT2D eigenvalue weighted by molar-refractivity contribution is -0.754. The van der Waals surface area contributed by atoms with E-state index in [9.17, 15) is 30.2 Å². The molecule has 0 amide bonds. The van der Waals surface area contributed by atoms with Gasteiger partial charge in [0.1, 0.15) is 18.3 Å². The average Bonchev–Trinajstić information content (AvgIpc) is 3.62. The molecule has 258 valence electrons. The third-order valence-corrected chi connectivity index (χ3v) is 12.8. The summed E-state index contributed by atoms with van der Waals surface area (Å²) in [5.41, 5.74) is 4.08. The highest BCUT2D eigenvalue weighted by Crippen LogP contribution is 2.64. The van der Waals surface area contributed by atoms with Crippen molar-refractivity contribution in [1.29, 1.82) is 0 Å². The van der Waals surface area contributed by atoms with Crippen molar-refractivity contribution >= 4 is 5.97 Å². The first kappa shape index (κ1) is 30.7. The Morgan fingerprint density at radius 3 is 1.98 bits per heavy atom. The summed E-state index contributed by atoms with van der Waals surface area (Å²) < 4.78 is 17.8. The molecule has 0 aromatic heterocycles. The number of rotatable bonds is 4. The fourth-order valence-electron chi connectivity index (χ4n) is 10.9. The molecule has 2 aromatic carbocycles. The molecule has 8 aliphatic rings. The maximum absolute atomic E-state index is 12.0. The van der Waals surface area contributed by atoms with E-state index in [4.69, 9.17) is 14.2 Å². The van der Waals surface area contributed by atoms with Gasteiger partial charge in [0, 0.05) is 45.9 Å². The minimum absolute atomic E-state index is 0.0837. The lowest BCUT2D eigenvalue weighted by Crippen LogP contribution is -2.65. The Kier molecular flexibility index (Phi) is 6.63. The lowest BCUT2D eigenvalue weighted by Gasteiger charge is -2.56. The van der Waals surface area contributed by atoms with E-state index in [1.54, 1.807) is 18.2 Å². The maximum Gasteiger partial charge on any atom is 0.332 e. The Morgan fingerprint density at radius 2 is 1.41 bits per heavy atom. The second-order valence-corrected chi connectivity index (χ2v) is 14.8. The van der Waals surface area contributed by atoms with Crippen LogP contribution in [0.25, 0.3) is 0 Å². The van der Waals surface area contributed by atoms with Crippen molar-refractivity contribution in [1.82, 2.24) is 9.80 Å². The molecule has 4 aliphatic heterocycles. The van der Waals surface area contributed by atoms with E-state index in [2.05, 4.69) is 40.9 Å². The van der Waals surface area contributed by atoms with Gasteiger partial charge in [-0.25, -0.2) is 4.79 Å². The molecule has 10 rings (SSSR count). The molecule has 0 saturated carbocycles. The van der Waals surface area contributed by atoms with Crippen LogP contribution in [-0.4, -0.2) is 106 Å². The minimum Gasteiger partial charge on any atom is -0.504 e. The van der Waals surface area contributed by atoms with Gasteiger partial charge in [0.25, 0.3) is 5.09 Å². The number of aromatic hydroxyl groups is 2. The van der Waals surface area contributed by atoms with E-state index >= 15 is 0 Å². The lowest BCUT2D eigenvalue weighted by atomic mass is 9.53. The van der Waals surface area contributed by atoms with Crippen LogP contribution in [0, 0.1) is 22.0 Å². The number of likely N-dealkylation sites (tertiary alicyclic amines) is 2. The van der Waals surface area contributed by atoms with E-state index < -0.39 is 36.0 Å². The average molecular weight is 674 g/mol. The number of carbonyl (C=O) groups excluding carboxylic acids is 1. The minimum atomic E-state index is -1.03. The maximum atomic E-state index is 12.0. The fourth-order valence-corrected chi connectivity index (χ4v) is 10.9. The van der Waals surface area contributed by atoms with Gasteiger partial charge in [-0.1, -0.05) is 30.4 Å². The van der Waals surface area contributed by atoms with Gasteiger partial charge in [-0.3, -0.25) is 0 Å². The Bertz CT molecular complexity index is 1830. The van der Waals surface area contributed by atoms with Gasteiger partial charge in [-0.15, -0.1) is 10.1 Å². The van der Waals surface area contributed by atoms with E-state index in [0.717, 1.165) is 49.9 Å². The standard InChI is InChI=1S/C19H20N2O7.C17H19NO3/c1-20-7-6-19-11-3-5-14(27-15(23)9-26-21(24)25)18(19)28-17-13(22)4-2-10(16(17)19)8-12(11)20;1-18-7-6-17-10-3-5-13(20)16(17)21-15-12(19)4-2-9(14(15)17)8-11(10)18/h2-5,11-12,14,18,22H,6-9H2,1H3;2-5,10-11,13,16,19-20H,6-8H2,1H3/t11-,12+,14-,18-,19-;10-,11+,13-,16-,17-/m00/s1. The molecule has 10 atom stereocenters. The molecule has 3 N–H and O–H groups in total. The highest BCUT2D eigenvalue weighted by molar-refractivity contribution is 5.71. The van der Waals surface area contributed by atoms with Gasteiger partial charge in [0.05, 0.1) is 0 Å². The predicted octanol–water partition coefficient (Wildman–Crippen LogP) is 2.16. The van der Waals surface area contributed by atoms with E-state index in [1.165, 1.54) is 11.1 Å². The Morgan fingerprint density at radius 1 is 0.878 bits per heavy atom. The number of hydrogen-bond acceptors (Lipinski definition) is 12. The number of phenolic OH excluding ortho intramolecular Hbond substituents is 2. The number of piperidine rings is 2. The van der Waals surface area contributed by atoms with Crippen molar-refractivity contribution in [2.24, 2.45) is 11.8 Å². The third-order valence-electron chi connectivity index (χ3n) is 12.8. The van der Waals surface area contributed by atoms with Crippen molar-refractivity contribution in [3.8, 4) is 23.0 Å². The number of phenols is 2. The fraction of sp³-hybridized carbons (Fsp3) is 0.528. The van der Waals surface area contributed by atoms with E-state index in [-0.39, 0.29) is 34.4 Å². The van der Waals surface area contributed by atoms with Crippen molar-refractivity contribution in [3.05, 3.63) is 80.9 Å². The van der Waals surface area contributed by atoms with Gasteiger partial charge in [0.15, 0.2) is 35.7 Å². The summed E-state index contributed by atoms with van der Waals surface area (Å²) in [7, 11) is 4.30. The molecule has 2 fully saturated rings. The summed E-state index contributed by atoms with van der Waals surface area (Å²) in [5.74, 6) is 1.10. The molecule has 2 spiro atoms. The summed E-state index contributed by atoms with van der Waals surface area (Å²) in [5, 5.41) is 40.4. The molecule has 0 unspecified atom stereocenters. The Labute approximate surface area is 282 Å². The molecule has 13 nitrogen and oxygen atoms in total. The zero-order valence-corrected chi connectivity index (χ0v) is 27.2. The summed E-state index contributed by atoms with van der Waals surface area (Å²) in [6.45, 7) is 1.11. The first-order valence-corrected chi connectivity index (χ1v) is 17.0. The number of aliphatic hydroxyl groups is 1. The van der Waals surface area contributed by atoms with Gasteiger partial charge in [-0.05, 0) is 82.2 Å². The van der Waals surface area contributed by atoms with Crippen LogP contribution in [0.5, 0.6) is 23.0 Å². The number of hydrogen-bond donors (Lipinski definition) is 3. The molecule has 2 aromatic rings. The Hall–Kier alpha value is -4.33. The molecule has 13 heteroatoms. The highest BCUT2D eigenvalue weighted by Gasteiger charge is 2.66. The molecule has 4 heterocycles. The van der Waals surface area contributed by atoms with Crippen LogP contribution in [0.15, 0.2) is 48.6 Å². The zero-order chi connectivity index (χ0) is 34.0. The zero-order valence-electron chi connectivity index (χ0n) is 27.2. The van der Waals surface area contributed by atoms with Gasteiger partial charge in [0.2, 0.25) is 0 Å². The van der Waals surface area contributed by atoms with Crippen LogP contribution in [-0.2, 0) is 38.0 Å². The van der Waals surface area contributed by atoms with Crippen molar-refractivity contribution in [3.63, 3.8) is 0 Å². The molecule has 4 aliphatic carbocycles. The molecule has 49 heavy (non-hydrogen) atoms. The topological polar surface area (TPSA) is 164 Å². The Balaban J connectivity index is 0.000000138. The van der Waals surface area contributed by atoms with Crippen molar-refractivity contribution < 1.29 is 44.2 Å². The normalized spacial score (nSPS) is 37.9. The number of nitrogens with zero attached hydrogens (tertiary/aromatic N) is 3. The SMILES string of the molecule is CN1CC[C@]23c4c5ccc(O)c4O[C@H]2[C@@H](O)C=C[C@H]3[C@H]1C5.CN1CC[C@]23c4c5ccc(O)c4O[C@H]2[C@@H](OC(=O)CO[N+](=O)[O-])C=C[C@H]3[C@H]1C5. The molecule has 0 radical (unpaired) electrons. The molecular formula is C36H39N3O10. The van der Waals surface area contributed by atoms with Crippen LogP contribution in [0.4, 0.5) is 0 Å². The number of likely N-dealkylation sites (N-methyl/N-ethyl adjacent to an activating group) is 2. The number of carbonyl (C=O) groups is 1. The van der Waals surface area contributed by atoms with E-state index in [1.807, 2.05) is 18.2 Å². The number of esters is 1. The van der Waals surface area contributed by atoms with Gasteiger partial charge >= 0.3 is 5.97 Å². The van der Waals surface area contributed by atoms with Crippen LogP contribution >= 0.6 is 0 Å². The number of ether oxygens (including phenoxy) is 3. The molecule has 2 saturated heterocycles. The van der Waals surface area contributed by atoms with Crippen LogP contribution in [0.2, 0.25) is 0 Å². The van der Waals surface area contributed by atoms with E-state index in [0.29, 0.717) is 29.5 Å². The summed E-state index contributed by atoms with van der Waals surface area (Å²) in [6.07, 6.45) is 9.54. The van der Waals surface area contributed by atoms with Crippen LogP contribution in [0.3, 0.4) is 0 Å². The van der Waals surface area contributed by atoms with Gasteiger partial charge < -0.3 is 44.2 Å². The van der Waals surface area contributed by atoms with Crippen molar-refractivity contribution in [2.45, 2.75) is 73.0 Å². The largest absolute Gasteiger partial charge is 0.504 e. The highest BCUT2D eigenvalue weighted by atomic mass is 17.0. The summed E-state index contributed by atoms with van der Waals surface area (Å²) in [4.78, 5) is 31.3.